The van der Waals surface area contributed by atoms with Gasteiger partial charge in [0.2, 0.25) is 5.91 Å². The lowest BCUT2D eigenvalue weighted by Crippen LogP contribution is -2.29. The van der Waals surface area contributed by atoms with E-state index >= 15 is 0 Å². The van der Waals surface area contributed by atoms with Gasteiger partial charge in [-0.1, -0.05) is 24.3 Å². The minimum absolute atomic E-state index is 0.0929. The summed E-state index contributed by atoms with van der Waals surface area (Å²) in [6.45, 7) is 1.09. The Hall–Kier alpha value is -2.86. The molecule has 1 aliphatic carbocycles. The maximum Gasteiger partial charge on any atom is 0.262 e. The summed E-state index contributed by atoms with van der Waals surface area (Å²) in [7, 11) is 0. The lowest BCUT2D eigenvalue weighted by molar-refractivity contribution is -0.118. The molecule has 0 spiro atoms. The largest absolute Gasteiger partial charge is 0.484 e. The standard InChI is InChI=1S/C20H23N3O3/c24-19(13-21-12-15-9-10-15)23-17-7-4-8-18(11-17)26-14-20(25)22-16-5-2-1-3-6-16/h1-8,11,15,21H,9-10,12-14H2,(H,22,25)(H,23,24). The third-order valence-corrected chi connectivity index (χ3v) is 3.96. The maximum absolute atomic E-state index is 11.9. The molecule has 0 aliphatic heterocycles. The zero-order chi connectivity index (χ0) is 18.2. The topological polar surface area (TPSA) is 79.5 Å². The Kier molecular flexibility index (Phi) is 6.22. The first-order valence-electron chi connectivity index (χ1n) is 8.77. The Balaban J connectivity index is 1.42. The van der Waals surface area contributed by atoms with Crippen molar-refractivity contribution in [2.45, 2.75) is 12.8 Å². The molecule has 0 bridgehead atoms. The highest BCUT2D eigenvalue weighted by atomic mass is 16.5. The Morgan fingerprint density at radius 3 is 2.42 bits per heavy atom. The molecule has 1 fully saturated rings. The number of anilines is 2. The first kappa shape index (κ1) is 17.9. The number of rotatable bonds is 9. The van der Waals surface area contributed by atoms with E-state index in [1.807, 2.05) is 30.3 Å². The third-order valence-electron chi connectivity index (χ3n) is 3.96. The second-order valence-electron chi connectivity index (χ2n) is 6.35. The summed E-state index contributed by atoms with van der Waals surface area (Å²) in [5.74, 6) is 0.929. The number of ether oxygens (including phenoxy) is 1. The lowest BCUT2D eigenvalue weighted by atomic mass is 10.3. The molecule has 1 aliphatic rings. The van der Waals surface area contributed by atoms with Crippen LogP contribution in [0, 0.1) is 5.92 Å². The fourth-order valence-electron chi connectivity index (χ4n) is 2.45. The average Bonchev–Trinajstić information content (AvgIpc) is 3.45. The molecule has 3 rings (SSSR count). The summed E-state index contributed by atoms with van der Waals surface area (Å²) in [6.07, 6.45) is 2.51. The monoisotopic (exact) mass is 353 g/mol. The summed E-state index contributed by atoms with van der Waals surface area (Å²) in [5, 5.41) is 8.73. The summed E-state index contributed by atoms with van der Waals surface area (Å²) in [6, 6.07) is 16.2. The average molecular weight is 353 g/mol. The molecule has 6 nitrogen and oxygen atoms in total. The van der Waals surface area contributed by atoms with Crippen molar-refractivity contribution in [3.8, 4) is 5.75 Å². The predicted octanol–water partition coefficient (Wildman–Crippen LogP) is 2.64. The van der Waals surface area contributed by atoms with Gasteiger partial charge in [-0.05, 0) is 49.6 Å². The number of amides is 2. The molecule has 0 heterocycles. The van der Waals surface area contributed by atoms with Crippen molar-refractivity contribution >= 4 is 23.2 Å². The van der Waals surface area contributed by atoms with Crippen molar-refractivity contribution in [3.63, 3.8) is 0 Å². The number of benzene rings is 2. The van der Waals surface area contributed by atoms with Crippen LogP contribution < -0.4 is 20.7 Å². The molecule has 0 saturated heterocycles. The number of hydrogen-bond acceptors (Lipinski definition) is 4. The van der Waals surface area contributed by atoms with Crippen LogP contribution in [-0.2, 0) is 9.59 Å². The summed E-state index contributed by atoms with van der Waals surface area (Å²) in [4.78, 5) is 23.8. The molecular formula is C20H23N3O3. The van der Waals surface area contributed by atoms with Gasteiger partial charge in [0.25, 0.3) is 5.91 Å². The van der Waals surface area contributed by atoms with Gasteiger partial charge >= 0.3 is 0 Å². The van der Waals surface area contributed by atoms with Crippen molar-refractivity contribution < 1.29 is 14.3 Å². The molecule has 2 aromatic rings. The van der Waals surface area contributed by atoms with E-state index in [-0.39, 0.29) is 18.4 Å². The molecule has 3 N–H and O–H groups in total. The van der Waals surface area contributed by atoms with E-state index in [1.54, 1.807) is 24.3 Å². The molecule has 1 saturated carbocycles. The molecule has 0 atom stereocenters. The minimum atomic E-state index is -0.241. The summed E-state index contributed by atoms with van der Waals surface area (Å²) in [5.41, 5.74) is 1.37. The summed E-state index contributed by atoms with van der Waals surface area (Å²) >= 11 is 0. The second-order valence-corrected chi connectivity index (χ2v) is 6.35. The molecule has 2 amide bonds. The maximum atomic E-state index is 11.9. The molecule has 0 unspecified atom stereocenters. The first-order valence-corrected chi connectivity index (χ1v) is 8.77. The van der Waals surface area contributed by atoms with Gasteiger partial charge < -0.3 is 20.7 Å². The van der Waals surface area contributed by atoms with E-state index in [9.17, 15) is 9.59 Å². The van der Waals surface area contributed by atoms with Gasteiger partial charge in [-0.15, -0.1) is 0 Å². The number of hydrogen-bond donors (Lipinski definition) is 3. The Bertz CT molecular complexity index is 745. The highest BCUT2D eigenvalue weighted by Gasteiger charge is 2.20. The highest BCUT2D eigenvalue weighted by Crippen LogP contribution is 2.27. The fraction of sp³-hybridized carbons (Fsp3) is 0.300. The van der Waals surface area contributed by atoms with Crippen LogP contribution in [0.4, 0.5) is 11.4 Å². The fourth-order valence-corrected chi connectivity index (χ4v) is 2.45. The zero-order valence-corrected chi connectivity index (χ0v) is 14.5. The summed E-state index contributed by atoms with van der Waals surface area (Å²) < 4.78 is 5.50. The van der Waals surface area contributed by atoms with Crippen molar-refractivity contribution in [2.24, 2.45) is 5.92 Å². The Morgan fingerprint density at radius 2 is 1.65 bits per heavy atom. The second kappa shape index (κ2) is 9.01. The zero-order valence-electron chi connectivity index (χ0n) is 14.5. The minimum Gasteiger partial charge on any atom is -0.484 e. The van der Waals surface area contributed by atoms with Gasteiger partial charge in [0.15, 0.2) is 6.61 Å². The Labute approximate surface area is 152 Å². The SMILES string of the molecule is O=C(CNCC1CC1)Nc1cccc(OCC(=O)Nc2ccccc2)c1. The first-order chi connectivity index (χ1) is 12.7. The van der Waals surface area contributed by atoms with Gasteiger partial charge in [0.1, 0.15) is 5.75 Å². The van der Waals surface area contributed by atoms with E-state index in [0.717, 1.165) is 18.2 Å². The third kappa shape index (κ3) is 6.22. The van der Waals surface area contributed by atoms with Gasteiger partial charge in [-0.3, -0.25) is 9.59 Å². The van der Waals surface area contributed by atoms with Crippen molar-refractivity contribution in [3.05, 3.63) is 54.6 Å². The lowest BCUT2D eigenvalue weighted by Gasteiger charge is -2.10. The quantitative estimate of drug-likeness (QED) is 0.647. The van der Waals surface area contributed by atoms with Crippen LogP contribution in [0.2, 0.25) is 0 Å². The van der Waals surface area contributed by atoms with Crippen molar-refractivity contribution in [2.75, 3.05) is 30.3 Å². The van der Waals surface area contributed by atoms with E-state index in [1.165, 1.54) is 12.8 Å². The molecular weight excluding hydrogens is 330 g/mol. The molecule has 0 radical (unpaired) electrons. The predicted molar refractivity (Wildman–Crippen MR) is 101 cm³/mol. The van der Waals surface area contributed by atoms with E-state index in [0.29, 0.717) is 18.0 Å². The van der Waals surface area contributed by atoms with Crippen LogP contribution in [0.15, 0.2) is 54.6 Å². The molecule has 0 aromatic heterocycles. The highest BCUT2D eigenvalue weighted by molar-refractivity contribution is 5.93. The van der Waals surface area contributed by atoms with Gasteiger partial charge in [0.05, 0.1) is 6.54 Å². The van der Waals surface area contributed by atoms with Crippen LogP contribution in [0.25, 0.3) is 0 Å². The molecule has 136 valence electrons. The van der Waals surface area contributed by atoms with E-state index in [2.05, 4.69) is 16.0 Å². The van der Waals surface area contributed by atoms with Gasteiger partial charge in [0, 0.05) is 17.4 Å². The van der Waals surface area contributed by atoms with Crippen LogP contribution in [0.1, 0.15) is 12.8 Å². The normalized spacial score (nSPS) is 13.1. The van der Waals surface area contributed by atoms with Gasteiger partial charge in [-0.25, -0.2) is 0 Å². The van der Waals surface area contributed by atoms with Crippen LogP contribution in [0.3, 0.4) is 0 Å². The van der Waals surface area contributed by atoms with Crippen LogP contribution in [-0.4, -0.2) is 31.5 Å². The smallest absolute Gasteiger partial charge is 0.262 e. The number of carbonyl (C=O) groups excluding carboxylic acids is 2. The van der Waals surface area contributed by atoms with Crippen molar-refractivity contribution in [1.29, 1.82) is 0 Å². The van der Waals surface area contributed by atoms with E-state index < -0.39 is 0 Å². The van der Waals surface area contributed by atoms with Gasteiger partial charge in [-0.2, -0.15) is 0 Å². The van der Waals surface area contributed by atoms with Crippen molar-refractivity contribution in [1.82, 2.24) is 5.32 Å². The van der Waals surface area contributed by atoms with Crippen LogP contribution >= 0.6 is 0 Å². The van der Waals surface area contributed by atoms with Crippen LogP contribution in [0.5, 0.6) is 5.75 Å². The molecule has 6 heteroatoms. The van der Waals surface area contributed by atoms with E-state index in [4.69, 9.17) is 4.74 Å². The number of para-hydroxylation sites is 1. The number of carbonyl (C=O) groups is 2. The molecule has 26 heavy (non-hydrogen) atoms. The number of nitrogens with one attached hydrogen (secondary N) is 3. The molecule has 2 aromatic carbocycles. The Morgan fingerprint density at radius 1 is 0.923 bits per heavy atom.